The molecule has 3 nitrogen and oxygen atoms in total. The summed E-state index contributed by atoms with van der Waals surface area (Å²) in [5, 5.41) is 0. The molecular weight excluding hydrogens is 184 g/mol. The first-order valence-corrected chi connectivity index (χ1v) is 7.78. The lowest BCUT2D eigenvalue weighted by Gasteiger charge is -2.28. The van der Waals surface area contributed by atoms with Crippen molar-refractivity contribution in [3.05, 3.63) is 0 Å². The van der Waals surface area contributed by atoms with Crippen LogP contribution in [0.15, 0.2) is 0 Å². The van der Waals surface area contributed by atoms with Gasteiger partial charge in [-0.15, -0.1) is 0 Å². The van der Waals surface area contributed by atoms with E-state index in [-0.39, 0.29) is 11.5 Å². The van der Waals surface area contributed by atoms with Crippen LogP contribution in [-0.4, -0.2) is 33.5 Å². The van der Waals surface area contributed by atoms with Crippen LogP contribution in [0.2, 0.25) is 13.1 Å². The van der Waals surface area contributed by atoms with Crippen LogP contribution < -0.4 is 0 Å². The maximum Gasteiger partial charge on any atom is 0.254 e. The predicted octanol–water partition coefficient (Wildman–Crippen LogP) is 1.92. The topological polar surface area (TPSA) is 31.0 Å². The van der Waals surface area contributed by atoms with E-state index >= 15 is 0 Å². The second-order valence-electron chi connectivity index (χ2n) is 3.99. The average molecular weight is 204 g/mol. The first-order chi connectivity index (χ1) is 6.00. The van der Waals surface area contributed by atoms with E-state index in [0.717, 1.165) is 13.0 Å². The minimum absolute atomic E-state index is 0.195. The SMILES string of the molecule is CCCOC1([Si](C)(C)OC)OC1C. The van der Waals surface area contributed by atoms with Crippen molar-refractivity contribution in [1.82, 2.24) is 0 Å². The molecule has 0 spiro atoms. The highest BCUT2D eigenvalue weighted by Crippen LogP contribution is 2.45. The lowest BCUT2D eigenvalue weighted by Crippen LogP contribution is -2.50. The fraction of sp³-hybridized carbons (Fsp3) is 1.00. The van der Waals surface area contributed by atoms with Gasteiger partial charge in [0.15, 0.2) is 0 Å². The van der Waals surface area contributed by atoms with Gasteiger partial charge in [0.05, 0.1) is 0 Å². The number of hydrogen-bond donors (Lipinski definition) is 0. The maximum atomic E-state index is 5.77. The van der Waals surface area contributed by atoms with E-state index in [1.165, 1.54) is 0 Å². The van der Waals surface area contributed by atoms with E-state index in [0.29, 0.717) is 0 Å². The van der Waals surface area contributed by atoms with Gasteiger partial charge in [-0.2, -0.15) is 0 Å². The Balaban J connectivity index is 2.61. The summed E-state index contributed by atoms with van der Waals surface area (Å²) in [6, 6.07) is 0. The van der Waals surface area contributed by atoms with Crippen molar-refractivity contribution in [2.75, 3.05) is 13.7 Å². The van der Waals surface area contributed by atoms with Gasteiger partial charge in [-0.3, -0.25) is 0 Å². The Bertz CT molecular complexity index is 184. The van der Waals surface area contributed by atoms with Crippen molar-refractivity contribution >= 4 is 8.32 Å². The third kappa shape index (κ3) is 1.81. The molecule has 1 heterocycles. The van der Waals surface area contributed by atoms with E-state index < -0.39 is 8.32 Å². The maximum absolute atomic E-state index is 5.77. The summed E-state index contributed by atoms with van der Waals surface area (Å²) in [5.41, 5.74) is -0.377. The molecule has 0 aromatic rings. The Hall–Kier alpha value is 0.0969. The van der Waals surface area contributed by atoms with Crippen molar-refractivity contribution in [2.24, 2.45) is 0 Å². The molecule has 0 amide bonds. The zero-order valence-corrected chi connectivity index (χ0v) is 10.2. The van der Waals surface area contributed by atoms with Crippen molar-refractivity contribution < 1.29 is 13.9 Å². The third-order valence-electron chi connectivity index (χ3n) is 2.70. The molecule has 1 fully saturated rings. The van der Waals surface area contributed by atoms with Gasteiger partial charge in [0.25, 0.3) is 8.32 Å². The minimum Gasteiger partial charge on any atom is -0.414 e. The second kappa shape index (κ2) is 3.69. The zero-order valence-electron chi connectivity index (χ0n) is 9.22. The van der Waals surface area contributed by atoms with E-state index in [2.05, 4.69) is 20.0 Å². The van der Waals surface area contributed by atoms with Crippen molar-refractivity contribution in [2.45, 2.75) is 44.9 Å². The Morgan fingerprint density at radius 2 is 2.00 bits per heavy atom. The van der Waals surface area contributed by atoms with Gasteiger partial charge in [0.2, 0.25) is 5.41 Å². The normalized spacial score (nSPS) is 33.5. The van der Waals surface area contributed by atoms with Gasteiger partial charge in [-0.05, 0) is 26.4 Å². The fourth-order valence-electron chi connectivity index (χ4n) is 1.58. The highest BCUT2D eigenvalue weighted by Gasteiger charge is 2.67. The summed E-state index contributed by atoms with van der Waals surface area (Å²) in [5.74, 6) is 0. The molecule has 1 rings (SSSR count). The molecule has 78 valence electrons. The van der Waals surface area contributed by atoms with Crippen LogP contribution in [0.4, 0.5) is 0 Å². The molecule has 0 radical (unpaired) electrons. The lowest BCUT2D eigenvalue weighted by atomic mass is 10.5. The molecule has 1 saturated heterocycles. The second-order valence-corrected chi connectivity index (χ2v) is 8.12. The predicted molar refractivity (Wildman–Crippen MR) is 54.0 cm³/mol. The van der Waals surface area contributed by atoms with Gasteiger partial charge in [-0.1, -0.05) is 6.92 Å². The van der Waals surface area contributed by atoms with Crippen LogP contribution in [0, 0.1) is 0 Å². The Morgan fingerprint density at radius 1 is 1.46 bits per heavy atom. The van der Waals surface area contributed by atoms with Gasteiger partial charge in [-0.25, -0.2) is 0 Å². The monoisotopic (exact) mass is 204 g/mol. The van der Waals surface area contributed by atoms with Crippen LogP contribution in [0.1, 0.15) is 20.3 Å². The molecule has 1 aliphatic rings. The molecule has 13 heavy (non-hydrogen) atoms. The number of hydrogen-bond acceptors (Lipinski definition) is 3. The summed E-state index contributed by atoms with van der Waals surface area (Å²) in [7, 11) is -0.0909. The lowest BCUT2D eigenvalue weighted by molar-refractivity contribution is -0.00299. The summed E-state index contributed by atoms with van der Waals surface area (Å²) in [6.07, 6.45) is 1.21. The highest BCUT2D eigenvalue weighted by molar-refractivity contribution is 6.74. The van der Waals surface area contributed by atoms with Crippen LogP contribution in [0.5, 0.6) is 0 Å². The number of epoxide rings is 1. The standard InChI is InChI=1S/C9H20O3Si/c1-6-7-11-9(8(2)12-9)13(4,5)10-3/h8H,6-7H2,1-5H3. The van der Waals surface area contributed by atoms with Gasteiger partial charge in [0, 0.05) is 13.7 Å². The Kier molecular flexibility index (Phi) is 3.17. The molecule has 0 aromatic carbocycles. The summed E-state index contributed by atoms with van der Waals surface area (Å²) in [4.78, 5) is 0. The smallest absolute Gasteiger partial charge is 0.254 e. The van der Waals surface area contributed by atoms with E-state index in [4.69, 9.17) is 13.9 Å². The first-order valence-electron chi connectivity index (χ1n) is 4.87. The molecular formula is C9H20O3Si. The largest absolute Gasteiger partial charge is 0.414 e. The number of ether oxygens (including phenoxy) is 2. The summed E-state index contributed by atoms with van der Waals surface area (Å²) < 4.78 is 16.9. The van der Waals surface area contributed by atoms with Crippen molar-refractivity contribution in [3.63, 3.8) is 0 Å². The van der Waals surface area contributed by atoms with Crippen LogP contribution in [0.3, 0.4) is 0 Å². The van der Waals surface area contributed by atoms with Crippen LogP contribution >= 0.6 is 0 Å². The van der Waals surface area contributed by atoms with Gasteiger partial charge in [0.1, 0.15) is 6.10 Å². The highest BCUT2D eigenvalue weighted by atomic mass is 28.4. The average Bonchev–Trinajstić information content (AvgIpc) is 2.75. The fourth-order valence-corrected chi connectivity index (χ4v) is 3.75. The quantitative estimate of drug-likeness (QED) is 0.506. The molecule has 0 N–H and O–H groups in total. The Morgan fingerprint density at radius 3 is 2.31 bits per heavy atom. The molecule has 0 bridgehead atoms. The van der Waals surface area contributed by atoms with E-state index in [1.807, 2.05) is 6.92 Å². The van der Waals surface area contributed by atoms with E-state index in [1.54, 1.807) is 7.11 Å². The van der Waals surface area contributed by atoms with E-state index in [9.17, 15) is 0 Å². The van der Waals surface area contributed by atoms with Gasteiger partial charge < -0.3 is 13.9 Å². The van der Waals surface area contributed by atoms with Crippen molar-refractivity contribution in [3.8, 4) is 0 Å². The van der Waals surface area contributed by atoms with Crippen LogP contribution in [-0.2, 0) is 13.9 Å². The minimum atomic E-state index is -1.84. The number of rotatable bonds is 5. The third-order valence-corrected chi connectivity index (χ3v) is 6.07. The first kappa shape index (κ1) is 11.2. The van der Waals surface area contributed by atoms with Crippen LogP contribution in [0.25, 0.3) is 0 Å². The molecule has 0 aliphatic carbocycles. The molecule has 2 unspecified atom stereocenters. The van der Waals surface area contributed by atoms with Gasteiger partial charge >= 0.3 is 0 Å². The zero-order chi connectivity index (χ0) is 10.1. The molecule has 0 saturated carbocycles. The Labute approximate surface area is 81.5 Å². The summed E-state index contributed by atoms with van der Waals surface area (Å²) in [6.45, 7) is 9.16. The summed E-state index contributed by atoms with van der Waals surface area (Å²) >= 11 is 0. The molecule has 1 aliphatic heterocycles. The van der Waals surface area contributed by atoms with Crippen molar-refractivity contribution in [1.29, 1.82) is 0 Å². The molecule has 4 heteroatoms. The molecule has 0 aromatic heterocycles. The molecule has 2 atom stereocenters.